The van der Waals surface area contributed by atoms with Crippen molar-refractivity contribution in [2.75, 3.05) is 25.3 Å². The van der Waals surface area contributed by atoms with Crippen molar-refractivity contribution in [1.82, 2.24) is 15.0 Å². The van der Waals surface area contributed by atoms with Gasteiger partial charge >= 0.3 is 0 Å². The van der Waals surface area contributed by atoms with Crippen molar-refractivity contribution in [3.8, 4) is 34.3 Å². The average Bonchev–Trinajstić information content (AvgIpc) is 2.81. The normalized spacial score (nSPS) is 11.5. The smallest absolute Gasteiger partial charge is 0.262 e. The number of hydrogen-bond acceptors (Lipinski definition) is 7. The molecule has 2 aromatic carbocycles. The maximum Gasteiger partial charge on any atom is 0.262 e. The van der Waals surface area contributed by atoms with Crippen molar-refractivity contribution in [3.63, 3.8) is 0 Å². The van der Waals surface area contributed by atoms with Crippen LogP contribution >= 0.6 is 15.9 Å². The lowest BCUT2D eigenvalue weighted by Crippen LogP contribution is -2.11. The van der Waals surface area contributed by atoms with E-state index in [-0.39, 0.29) is 10.5 Å². The minimum atomic E-state index is -3.33. The third kappa shape index (κ3) is 4.76. The summed E-state index contributed by atoms with van der Waals surface area (Å²) >= 11 is 3.34. The third-order valence-corrected chi connectivity index (χ3v) is 6.36. The summed E-state index contributed by atoms with van der Waals surface area (Å²) in [6.45, 7) is 0.417. The Morgan fingerprint density at radius 1 is 1.00 bits per heavy atom. The Morgan fingerprint density at radius 2 is 1.76 bits per heavy atom. The van der Waals surface area contributed by atoms with E-state index in [1.54, 1.807) is 42.5 Å². The van der Waals surface area contributed by atoms with Crippen LogP contribution in [0.5, 0.6) is 11.5 Å². The summed E-state index contributed by atoms with van der Waals surface area (Å²) in [4.78, 5) is 25.0. The van der Waals surface area contributed by atoms with E-state index in [2.05, 4.69) is 25.9 Å². The molecule has 4 rings (SSSR count). The molecule has 0 saturated heterocycles. The molecule has 0 spiro atoms. The average molecular weight is 530 g/mol. The first kappa shape index (κ1) is 22.9. The molecule has 10 heteroatoms. The summed E-state index contributed by atoms with van der Waals surface area (Å²) in [6.07, 6.45) is 1.15. The van der Waals surface area contributed by atoms with Crippen LogP contribution in [0.15, 0.2) is 64.3 Å². The van der Waals surface area contributed by atoms with Crippen LogP contribution in [-0.2, 0) is 9.84 Å². The molecule has 170 valence electrons. The monoisotopic (exact) mass is 529 g/mol. The van der Waals surface area contributed by atoms with Crippen LogP contribution in [0.25, 0.3) is 33.7 Å². The molecule has 33 heavy (non-hydrogen) atoms. The molecule has 0 aliphatic carbocycles. The summed E-state index contributed by atoms with van der Waals surface area (Å²) in [6, 6.07) is 15.0. The van der Waals surface area contributed by atoms with E-state index in [0.29, 0.717) is 57.1 Å². The summed E-state index contributed by atoms with van der Waals surface area (Å²) < 4.78 is 34.7. The number of nitrogens with zero attached hydrogens (tertiary/aromatic N) is 2. The number of halogens is 1. The molecule has 0 amide bonds. The summed E-state index contributed by atoms with van der Waals surface area (Å²) in [5, 5.41) is 0.986. The van der Waals surface area contributed by atoms with Gasteiger partial charge in [0.15, 0.2) is 15.7 Å². The van der Waals surface area contributed by atoms with Gasteiger partial charge in [0.2, 0.25) is 0 Å². The lowest BCUT2D eigenvalue weighted by Gasteiger charge is -2.13. The maximum atomic E-state index is 12.8. The first-order valence-corrected chi connectivity index (χ1v) is 12.9. The quantitative estimate of drug-likeness (QED) is 0.362. The summed E-state index contributed by atoms with van der Waals surface area (Å²) in [5.41, 5.74) is 1.74. The van der Waals surface area contributed by atoms with Gasteiger partial charge in [0.25, 0.3) is 5.56 Å². The van der Waals surface area contributed by atoms with Gasteiger partial charge in [-0.2, -0.15) is 0 Å². The van der Waals surface area contributed by atoms with Crippen LogP contribution in [0, 0.1) is 0 Å². The highest BCUT2D eigenvalue weighted by Gasteiger charge is 2.16. The molecule has 1 N–H and O–H groups in total. The molecule has 0 aliphatic rings. The van der Waals surface area contributed by atoms with Gasteiger partial charge < -0.3 is 14.5 Å². The van der Waals surface area contributed by atoms with Gasteiger partial charge in [-0.05, 0) is 36.4 Å². The largest absolute Gasteiger partial charge is 0.496 e. The van der Waals surface area contributed by atoms with Crippen LogP contribution in [0.1, 0.15) is 0 Å². The zero-order valence-corrected chi connectivity index (χ0v) is 20.2. The minimum absolute atomic E-state index is 0.208. The lowest BCUT2D eigenvalue weighted by molar-refractivity contribution is 0.345. The van der Waals surface area contributed by atoms with E-state index in [1.165, 1.54) is 19.2 Å². The minimum Gasteiger partial charge on any atom is -0.496 e. The Morgan fingerprint density at radius 3 is 2.42 bits per heavy atom. The maximum absolute atomic E-state index is 12.8. The van der Waals surface area contributed by atoms with Crippen molar-refractivity contribution in [2.24, 2.45) is 0 Å². The number of aromatic amines is 1. The van der Waals surface area contributed by atoms with Gasteiger partial charge in [-0.25, -0.2) is 18.4 Å². The van der Waals surface area contributed by atoms with Crippen molar-refractivity contribution in [2.45, 2.75) is 4.90 Å². The van der Waals surface area contributed by atoms with Crippen LogP contribution in [0.3, 0.4) is 0 Å². The first-order valence-electron chi connectivity index (χ1n) is 9.89. The van der Waals surface area contributed by atoms with E-state index < -0.39 is 9.84 Å². The number of fused-ring (bicyclic) bond motifs is 1. The molecule has 0 aliphatic heterocycles. The van der Waals surface area contributed by atoms with Gasteiger partial charge in [0.05, 0.1) is 24.1 Å². The Bertz CT molecular complexity index is 1480. The number of sulfone groups is 1. The van der Waals surface area contributed by atoms with Gasteiger partial charge in [-0.3, -0.25) is 4.79 Å². The van der Waals surface area contributed by atoms with E-state index in [9.17, 15) is 13.2 Å². The molecule has 0 saturated carbocycles. The second kappa shape index (κ2) is 9.32. The van der Waals surface area contributed by atoms with Crippen molar-refractivity contribution >= 4 is 36.7 Å². The lowest BCUT2D eigenvalue weighted by atomic mass is 10.1. The molecular formula is C23H20BrN3O5S. The van der Waals surface area contributed by atoms with Crippen LogP contribution in [0.4, 0.5) is 0 Å². The second-order valence-electron chi connectivity index (χ2n) is 7.15. The number of benzene rings is 2. The predicted octanol–water partition coefficient (Wildman–Crippen LogP) is 3.84. The number of aromatic nitrogens is 3. The van der Waals surface area contributed by atoms with Gasteiger partial charge in [0.1, 0.15) is 28.3 Å². The molecule has 2 heterocycles. The Kier molecular flexibility index (Phi) is 6.48. The summed E-state index contributed by atoms with van der Waals surface area (Å²) in [7, 11) is -1.83. The molecule has 0 bridgehead atoms. The predicted molar refractivity (Wildman–Crippen MR) is 130 cm³/mol. The SMILES string of the molecule is COc1cccc2nc(-c3ccc(OCCBr)c(-c4ccc(S(C)(=O)=O)cc4)n3)[nH]c(=O)c12. The van der Waals surface area contributed by atoms with Crippen molar-refractivity contribution in [3.05, 3.63) is 65.0 Å². The van der Waals surface area contributed by atoms with E-state index in [4.69, 9.17) is 14.5 Å². The van der Waals surface area contributed by atoms with Crippen LogP contribution in [-0.4, -0.2) is 48.7 Å². The molecule has 2 aromatic heterocycles. The number of nitrogens with one attached hydrogen (secondary N) is 1. The zero-order chi connectivity index (χ0) is 23.6. The Hall–Kier alpha value is -3.24. The fraction of sp³-hybridized carbons (Fsp3) is 0.174. The van der Waals surface area contributed by atoms with E-state index >= 15 is 0 Å². The Labute approximate surface area is 198 Å². The zero-order valence-electron chi connectivity index (χ0n) is 17.8. The molecule has 0 radical (unpaired) electrons. The molecule has 0 atom stereocenters. The highest BCUT2D eigenvalue weighted by Crippen LogP contribution is 2.32. The highest BCUT2D eigenvalue weighted by atomic mass is 79.9. The number of hydrogen-bond donors (Lipinski definition) is 1. The number of methoxy groups -OCH3 is 1. The third-order valence-electron chi connectivity index (χ3n) is 4.91. The molecule has 4 aromatic rings. The first-order chi connectivity index (χ1) is 15.8. The fourth-order valence-electron chi connectivity index (χ4n) is 3.36. The fourth-order valence-corrected chi connectivity index (χ4v) is 4.15. The standard InChI is InChI=1S/C23H20BrN3O5S/c1-31-18-5-3-4-16-20(18)23(28)27-22(26-16)17-10-11-19(32-13-12-24)21(25-17)14-6-8-15(9-7-14)33(2,29)30/h3-11H,12-13H2,1-2H3,(H,26,27,28). The van der Waals surface area contributed by atoms with Gasteiger partial charge in [-0.1, -0.05) is 34.1 Å². The molecule has 0 unspecified atom stereocenters. The number of H-pyrrole nitrogens is 1. The van der Waals surface area contributed by atoms with Crippen LogP contribution < -0.4 is 15.0 Å². The van der Waals surface area contributed by atoms with Gasteiger partial charge in [-0.15, -0.1) is 0 Å². The number of alkyl halides is 1. The number of rotatable bonds is 7. The Balaban J connectivity index is 1.85. The molecule has 8 nitrogen and oxygen atoms in total. The summed E-state index contributed by atoms with van der Waals surface area (Å²) in [5.74, 6) is 1.25. The molecular weight excluding hydrogens is 510 g/mol. The topological polar surface area (TPSA) is 111 Å². The second-order valence-corrected chi connectivity index (χ2v) is 9.95. The van der Waals surface area contributed by atoms with E-state index in [0.717, 1.165) is 6.26 Å². The number of ether oxygens (including phenoxy) is 2. The van der Waals surface area contributed by atoms with Crippen molar-refractivity contribution in [1.29, 1.82) is 0 Å². The van der Waals surface area contributed by atoms with Gasteiger partial charge in [0, 0.05) is 17.1 Å². The highest BCUT2D eigenvalue weighted by molar-refractivity contribution is 9.09. The van der Waals surface area contributed by atoms with Crippen molar-refractivity contribution < 1.29 is 17.9 Å². The molecule has 0 fully saturated rings. The number of pyridine rings is 1. The van der Waals surface area contributed by atoms with Crippen LogP contribution in [0.2, 0.25) is 0 Å². The van der Waals surface area contributed by atoms with E-state index in [1.807, 2.05) is 0 Å².